The van der Waals surface area contributed by atoms with Crippen LogP contribution in [0.4, 0.5) is 0 Å². The van der Waals surface area contributed by atoms with Gasteiger partial charge in [-0.05, 0) is 25.0 Å². The third kappa shape index (κ3) is 2.34. The van der Waals surface area contributed by atoms with Crippen LogP contribution in [0.5, 0.6) is 0 Å². The summed E-state index contributed by atoms with van der Waals surface area (Å²) in [6, 6.07) is 3.05. The molecule has 0 spiro atoms. The number of hydrogen-bond acceptors (Lipinski definition) is 6. The first-order valence-corrected chi connectivity index (χ1v) is 7.93. The molecule has 6 nitrogen and oxygen atoms in total. The highest BCUT2D eigenvalue weighted by Crippen LogP contribution is 2.39. The number of rotatable bonds is 3. The Morgan fingerprint density at radius 1 is 1.42 bits per heavy atom. The molecule has 19 heavy (non-hydrogen) atoms. The van der Waals surface area contributed by atoms with Crippen LogP contribution in [0, 0.1) is 0 Å². The monoisotopic (exact) mass is 297 g/mol. The average Bonchev–Trinajstić information content (AvgIpc) is 2.92. The predicted molar refractivity (Wildman–Crippen MR) is 70.1 cm³/mol. The molecule has 1 aliphatic carbocycles. The smallest absolute Gasteiger partial charge is 0.268 e. The molecule has 8 heteroatoms. The fourth-order valence-corrected chi connectivity index (χ4v) is 3.56. The van der Waals surface area contributed by atoms with Crippen molar-refractivity contribution in [1.82, 2.24) is 10.1 Å². The van der Waals surface area contributed by atoms with Gasteiger partial charge in [0, 0.05) is 5.92 Å². The van der Waals surface area contributed by atoms with Crippen LogP contribution in [-0.2, 0) is 10.0 Å². The maximum absolute atomic E-state index is 11.2. The molecule has 2 aromatic heterocycles. The summed E-state index contributed by atoms with van der Waals surface area (Å²) in [7, 11) is -3.68. The lowest BCUT2D eigenvalue weighted by atomic mass is 9.81. The van der Waals surface area contributed by atoms with Crippen LogP contribution < -0.4 is 5.14 Å². The van der Waals surface area contributed by atoms with Gasteiger partial charge in [0.05, 0.1) is 4.88 Å². The Morgan fingerprint density at radius 2 is 2.16 bits per heavy atom. The van der Waals surface area contributed by atoms with Gasteiger partial charge in [0.1, 0.15) is 4.21 Å². The minimum absolute atomic E-state index is 0.0827. The summed E-state index contributed by atoms with van der Waals surface area (Å²) in [5.41, 5.74) is 1.18. The molecule has 2 aromatic rings. The molecule has 2 N–H and O–H groups in total. The fourth-order valence-electron chi connectivity index (χ4n) is 1.91. The number of sulfonamides is 1. The number of thiophene rings is 1. The van der Waals surface area contributed by atoms with E-state index >= 15 is 0 Å². The van der Waals surface area contributed by atoms with Crippen molar-refractivity contribution in [3.8, 4) is 10.8 Å². The molecule has 0 aromatic carbocycles. The minimum Gasteiger partial charge on any atom is -0.333 e. The van der Waals surface area contributed by atoms with Crippen molar-refractivity contribution >= 4 is 21.4 Å². The molecule has 100 valence electrons. The van der Waals surface area contributed by atoms with E-state index in [0.717, 1.165) is 24.2 Å². The second kappa shape index (κ2) is 4.26. The number of aromatic nitrogens is 2. The van der Waals surface area contributed by atoms with Crippen molar-refractivity contribution in [2.24, 2.45) is 5.14 Å². The Morgan fingerprint density at radius 3 is 2.74 bits per heavy atom. The maximum atomic E-state index is 11.2. The summed E-state index contributed by atoms with van der Waals surface area (Å²) >= 11 is 1.02. The highest BCUT2D eigenvalue weighted by molar-refractivity contribution is 7.91. The van der Waals surface area contributed by atoms with Crippen LogP contribution in [0.3, 0.4) is 0 Å². The highest BCUT2D eigenvalue weighted by atomic mass is 32.2. The van der Waals surface area contributed by atoms with E-state index in [1.165, 1.54) is 11.6 Å². The topological polar surface area (TPSA) is 99.1 Å². The largest absolute Gasteiger partial charge is 0.333 e. The van der Waals surface area contributed by atoms with Gasteiger partial charge in [0.15, 0.2) is 5.82 Å². The van der Waals surface area contributed by atoms with Gasteiger partial charge in [-0.15, -0.1) is 11.3 Å². The van der Waals surface area contributed by atoms with E-state index in [2.05, 4.69) is 16.7 Å². The van der Waals surface area contributed by atoms with Gasteiger partial charge in [-0.3, -0.25) is 0 Å². The van der Waals surface area contributed by atoms with Crippen LogP contribution in [0.1, 0.15) is 24.6 Å². The molecule has 3 rings (SSSR count). The molecule has 1 fully saturated rings. The third-order valence-electron chi connectivity index (χ3n) is 2.95. The van der Waals surface area contributed by atoms with Crippen LogP contribution in [0.25, 0.3) is 10.8 Å². The van der Waals surface area contributed by atoms with Gasteiger partial charge in [-0.2, -0.15) is 4.98 Å². The molecule has 1 aliphatic rings. The summed E-state index contributed by atoms with van der Waals surface area (Å²) < 4.78 is 27.6. The average molecular weight is 297 g/mol. The molecule has 0 saturated heterocycles. The molecule has 2 heterocycles. The first-order valence-electron chi connectivity index (χ1n) is 5.57. The van der Waals surface area contributed by atoms with Gasteiger partial charge in [-0.1, -0.05) is 17.3 Å². The van der Waals surface area contributed by atoms with E-state index in [4.69, 9.17) is 9.66 Å². The Balaban J connectivity index is 1.87. The van der Waals surface area contributed by atoms with E-state index in [0.29, 0.717) is 16.6 Å². The van der Waals surface area contributed by atoms with Crippen LogP contribution in [0.15, 0.2) is 33.0 Å². The Kier molecular flexibility index (Phi) is 2.80. The van der Waals surface area contributed by atoms with Gasteiger partial charge < -0.3 is 4.52 Å². The van der Waals surface area contributed by atoms with Crippen molar-refractivity contribution in [2.45, 2.75) is 23.0 Å². The molecule has 0 amide bonds. The maximum Gasteiger partial charge on any atom is 0.268 e. The number of nitrogens with two attached hydrogens (primary N) is 1. The number of primary sulfonamides is 1. The molecule has 0 aliphatic heterocycles. The molecule has 1 saturated carbocycles. The van der Waals surface area contributed by atoms with E-state index < -0.39 is 10.0 Å². The SMILES string of the molecule is C=C1CC(c2noc(-c3ccc(S(N)(=O)=O)s3)n2)C1. The summed E-state index contributed by atoms with van der Waals surface area (Å²) in [6.07, 6.45) is 1.76. The summed E-state index contributed by atoms with van der Waals surface area (Å²) in [6.45, 7) is 3.87. The van der Waals surface area contributed by atoms with Crippen LogP contribution in [-0.4, -0.2) is 18.6 Å². The fraction of sp³-hybridized carbons (Fsp3) is 0.273. The molecular formula is C11H11N3O3S2. The zero-order valence-corrected chi connectivity index (χ0v) is 11.5. The van der Waals surface area contributed by atoms with Gasteiger partial charge in [0.25, 0.3) is 5.89 Å². The second-order valence-corrected chi connectivity index (χ2v) is 7.35. The van der Waals surface area contributed by atoms with Crippen LogP contribution in [0.2, 0.25) is 0 Å². The van der Waals surface area contributed by atoms with Gasteiger partial charge in [0.2, 0.25) is 10.0 Å². The zero-order valence-electron chi connectivity index (χ0n) is 9.87. The minimum atomic E-state index is -3.68. The number of hydrogen-bond donors (Lipinski definition) is 1. The lowest BCUT2D eigenvalue weighted by molar-refractivity contribution is 0.405. The molecule has 0 unspecified atom stereocenters. The quantitative estimate of drug-likeness (QED) is 0.872. The van der Waals surface area contributed by atoms with E-state index in [1.54, 1.807) is 6.07 Å². The lowest BCUT2D eigenvalue weighted by Gasteiger charge is -2.24. The normalized spacial score (nSPS) is 16.6. The van der Waals surface area contributed by atoms with E-state index in [9.17, 15) is 8.42 Å². The Labute approximate surface area is 114 Å². The van der Waals surface area contributed by atoms with E-state index in [-0.39, 0.29) is 10.1 Å². The van der Waals surface area contributed by atoms with Crippen molar-refractivity contribution in [3.05, 3.63) is 30.1 Å². The number of nitrogens with zero attached hydrogens (tertiary/aromatic N) is 2. The predicted octanol–water partition coefficient (Wildman–Crippen LogP) is 1.88. The first-order chi connectivity index (χ1) is 8.93. The van der Waals surface area contributed by atoms with Crippen molar-refractivity contribution in [1.29, 1.82) is 0 Å². The van der Waals surface area contributed by atoms with E-state index in [1.807, 2.05) is 0 Å². The standard InChI is InChI=1S/C11H11N3O3S2/c1-6-4-7(5-6)10-13-11(17-14-10)8-2-3-9(18-8)19(12,15)16/h2-3,7H,1,4-5H2,(H2,12,15,16). The van der Waals surface area contributed by atoms with Crippen molar-refractivity contribution in [2.75, 3.05) is 0 Å². The summed E-state index contributed by atoms with van der Waals surface area (Å²) in [4.78, 5) is 4.89. The summed E-state index contributed by atoms with van der Waals surface area (Å²) in [5, 5.41) is 8.97. The Hall–Kier alpha value is -1.51. The Bertz CT molecular complexity index is 737. The van der Waals surface area contributed by atoms with Crippen molar-refractivity contribution < 1.29 is 12.9 Å². The second-order valence-electron chi connectivity index (χ2n) is 4.48. The highest BCUT2D eigenvalue weighted by Gasteiger charge is 2.28. The number of allylic oxidation sites excluding steroid dienone is 1. The zero-order chi connectivity index (χ0) is 13.6. The first kappa shape index (κ1) is 12.5. The lowest BCUT2D eigenvalue weighted by Crippen LogP contribution is -2.13. The molecule has 0 bridgehead atoms. The van der Waals surface area contributed by atoms with Crippen molar-refractivity contribution in [3.63, 3.8) is 0 Å². The van der Waals surface area contributed by atoms with Gasteiger partial charge >= 0.3 is 0 Å². The summed E-state index contributed by atoms with van der Waals surface area (Å²) in [5.74, 6) is 1.24. The molecule has 0 atom stereocenters. The van der Waals surface area contributed by atoms with Gasteiger partial charge in [-0.25, -0.2) is 13.6 Å². The molecular weight excluding hydrogens is 286 g/mol. The molecule has 0 radical (unpaired) electrons. The third-order valence-corrected chi connectivity index (χ3v) is 5.46. The van der Waals surface area contributed by atoms with Crippen LogP contribution >= 0.6 is 11.3 Å².